The molecular formula is C15H16Br2ClNOS. The summed E-state index contributed by atoms with van der Waals surface area (Å²) in [6, 6.07) is 8.10. The number of rotatable bonds is 6. The second-order valence-corrected chi connectivity index (χ2v) is 8.74. The van der Waals surface area contributed by atoms with E-state index in [0.717, 1.165) is 36.9 Å². The first-order chi connectivity index (χ1) is 10.0. The van der Waals surface area contributed by atoms with E-state index >= 15 is 0 Å². The largest absolute Gasteiger partial charge is 0.496 e. The summed E-state index contributed by atoms with van der Waals surface area (Å²) in [5.74, 6) is 0.868. The van der Waals surface area contributed by atoms with Gasteiger partial charge in [0.1, 0.15) is 5.75 Å². The van der Waals surface area contributed by atoms with Crippen molar-refractivity contribution in [3.05, 3.63) is 48.0 Å². The fraction of sp³-hybridized carbons (Fsp3) is 0.333. The number of thiophene rings is 1. The van der Waals surface area contributed by atoms with E-state index in [9.17, 15) is 0 Å². The highest BCUT2D eigenvalue weighted by molar-refractivity contribution is 9.12. The molecule has 0 bridgehead atoms. The van der Waals surface area contributed by atoms with Gasteiger partial charge in [-0.05, 0) is 80.2 Å². The summed E-state index contributed by atoms with van der Waals surface area (Å²) in [6.45, 7) is 3.00. The van der Waals surface area contributed by atoms with Crippen LogP contribution in [-0.4, -0.2) is 13.7 Å². The van der Waals surface area contributed by atoms with E-state index in [1.54, 1.807) is 18.4 Å². The first-order valence-corrected chi connectivity index (χ1v) is 9.33. The number of likely N-dealkylation sites (N-methyl/N-ethyl adjacent to an activating group) is 1. The topological polar surface area (TPSA) is 21.3 Å². The van der Waals surface area contributed by atoms with E-state index in [-0.39, 0.29) is 6.04 Å². The highest BCUT2D eigenvalue weighted by Crippen LogP contribution is 2.37. The molecule has 2 rings (SSSR count). The second-order valence-electron chi connectivity index (χ2n) is 4.55. The van der Waals surface area contributed by atoms with E-state index < -0.39 is 0 Å². The molecule has 2 aromatic rings. The lowest BCUT2D eigenvalue weighted by molar-refractivity contribution is 0.405. The average molecular weight is 454 g/mol. The summed E-state index contributed by atoms with van der Waals surface area (Å²) in [6.07, 6.45) is 0.819. The molecule has 0 fully saturated rings. The molecular weight excluding hydrogens is 437 g/mol. The van der Waals surface area contributed by atoms with Crippen molar-refractivity contribution in [1.82, 2.24) is 5.32 Å². The molecule has 0 aliphatic rings. The molecule has 6 heteroatoms. The highest BCUT2D eigenvalue weighted by Gasteiger charge is 2.19. The van der Waals surface area contributed by atoms with Gasteiger partial charge in [-0.1, -0.05) is 18.5 Å². The van der Waals surface area contributed by atoms with Crippen molar-refractivity contribution in [3.63, 3.8) is 0 Å². The Kier molecular flexibility index (Phi) is 6.56. The van der Waals surface area contributed by atoms with Gasteiger partial charge in [-0.3, -0.25) is 0 Å². The Labute approximate surface area is 151 Å². The molecule has 1 N–H and O–H groups in total. The predicted octanol–water partition coefficient (Wildman–Crippen LogP) is 5.83. The number of benzene rings is 1. The molecule has 0 saturated carbocycles. The molecule has 0 aliphatic carbocycles. The van der Waals surface area contributed by atoms with Gasteiger partial charge in [0.05, 0.1) is 14.7 Å². The number of nitrogens with one attached hydrogen (secondary N) is 1. The van der Waals surface area contributed by atoms with Crippen LogP contribution in [0.25, 0.3) is 0 Å². The van der Waals surface area contributed by atoms with Crippen LogP contribution in [0.5, 0.6) is 5.75 Å². The minimum Gasteiger partial charge on any atom is -0.496 e. The highest BCUT2D eigenvalue weighted by atomic mass is 79.9. The summed E-state index contributed by atoms with van der Waals surface area (Å²) in [5.41, 5.74) is 2.35. The Morgan fingerprint density at radius 1 is 1.33 bits per heavy atom. The lowest BCUT2D eigenvalue weighted by atomic mass is 10.0. The molecule has 1 aromatic carbocycles. The molecule has 114 valence electrons. The molecule has 21 heavy (non-hydrogen) atoms. The molecule has 0 radical (unpaired) electrons. The zero-order chi connectivity index (χ0) is 15.4. The Morgan fingerprint density at radius 2 is 2.10 bits per heavy atom. The summed E-state index contributed by atoms with van der Waals surface area (Å²) in [7, 11) is 1.69. The number of hydrogen-bond acceptors (Lipinski definition) is 3. The van der Waals surface area contributed by atoms with E-state index in [1.807, 2.05) is 18.2 Å². The maximum absolute atomic E-state index is 6.13. The first kappa shape index (κ1) is 17.3. The van der Waals surface area contributed by atoms with Gasteiger partial charge < -0.3 is 10.1 Å². The van der Waals surface area contributed by atoms with Gasteiger partial charge >= 0.3 is 0 Å². The van der Waals surface area contributed by atoms with Crippen molar-refractivity contribution in [2.45, 2.75) is 19.4 Å². The molecule has 0 saturated heterocycles. The fourth-order valence-corrected chi connectivity index (χ4v) is 5.42. The summed E-state index contributed by atoms with van der Waals surface area (Å²) in [5, 5.41) is 4.26. The molecule has 1 heterocycles. The van der Waals surface area contributed by atoms with Crippen LogP contribution in [0.1, 0.15) is 24.1 Å². The van der Waals surface area contributed by atoms with Gasteiger partial charge in [-0.15, -0.1) is 11.3 Å². The SMILES string of the molecule is CCNC(Cc1cc(Cl)ccc1OC)c1cc(Br)sc1Br. The Morgan fingerprint density at radius 3 is 2.67 bits per heavy atom. The van der Waals surface area contributed by atoms with Crippen molar-refractivity contribution in [3.8, 4) is 5.75 Å². The molecule has 1 aromatic heterocycles. The van der Waals surface area contributed by atoms with Crippen LogP contribution >= 0.6 is 54.8 Å². The standard InChI is InChI=1S/C15H16Br2ClNOS/c1-3-19-12(11-8-14(16)21-15(11)17)7-9-6-10(18)4-5-13(9)20-2/h4-6,8,12,19H,3,7H2,1-2H3. The van der Waals surface area contributed by atoms with Crippen LogP contribution in [0.2, 0.25) is 5.02 Å². The molecule has 0 aliphatic heterocycles. The lowest BCUT2D eigenvalue weighted by Crippen LogP contribution is -2.23. The third kappa shape index (κ3) is 4.45. The second kappa shape index (κ2) is 7.97. The van der Waals surface area contributed by atoms with E-state index in [0.29, 0.717) is 0 Å². The Balaban J connectivity index is 2.32. The van der Waals surface area contributed by atoms with Crippen molar-refractivity contribution in [2.24, 2.45) is 0 Å². The first-order valence-electron chi connectivity index (χ1n) is 6.55. The third-order valence-corrected chi connectivity index (χ3v) is 5.80. The Bertz CT molecular complexity index is 618. The van der Waals surface area contributed by atoms with E-state index in [1.165, 1.54) is 5.56 Å². The van der Waals surface area contributed by atoms with Crippen LogP contribution in [-0.2, 0) is 6.42 Å². The quantitative estimate of drug-likeness (QED) is 0.594. The smallest absolute Gasteiger partial charge is 0.122 e. The van der Waals surface area contributed by atoms with Crippen LogP contribution in [0.15, 0.2) is 31.8 Å². The summed E-state index contributed by atoms with van der Waals surface area (Å²) < 4.78 is 7.70. The minimum absolute atomic E-state index is 0.208. The van der Waals surface area contributed by atoms with Crippen molar-refractivity contribution < 1.29 is 4.74 Å². The molecule has 1 unspecified atom stereocenters. The normalized spacial score (nSPS) is 12.4. The maximum Gasteiger partial charge on any atom is 0.122 e. The van der Waals surface area contributed by atoms with Gasteiger partial charge in [-0.2, -0.15) is 0 Å². The van der Waals surface area contributed by atoms with Gasteiger partial charge in [-0.25, -0.2) is 0 Å². The summed E-state index contributed by atoms with van der Waals surface area (Å²) >= 11 is 15.0. The van der Waals surface area contributed by atoms with Crippen molar-refractivity contribution in [2.75, 3.05) is 13.7 Å². The number of hydrogen-bond donors (Lipinski definition) is 1. The predicted molar refractivity (Wildman–Crippen MR) is 97.8 cm³/mol. The Hall–Kier alpha value is -0.0700. The molecule has 1 atom stereocenters. The molecule has 2 nitrogen and oxygen atoms in total. The zero-order valence-corrected chi connectivity index (χ0v) is 16.5. The minimum atomic E-state index is 0.208. The van der Waals surface area contributed by atoms with E-state index in [2.05, 4.69) is 50.2 Å². The number of methoxy groups -OCH3 is 1. The lowest BCUT2D eigenvalue weighted by Gasteiger charge is -2.19. The van der Waals surface area contributed by atoms with Gasteiger partial charge in [0.2, 0.25) is 0 Å². The summed E-state index contributed by atoms with van der Waals surface area (Å²) in [4.78, 5) is 0. The maximum atomic E-state index is 6.13. The van der Waals surface area contributed by atoms with Crippen LogP contribution in [0, 0.1) is 0 Å². The van der Waals surface area contributed by atoms with Gasteiger partial charge in [0.15, 0.2) is 0 Å². The molecule has 0 spiro atoms. The average Bonchev–Trinajstić information content (AvgIpc) is 2.77. The van der Waals surface area contributed by atoms with Gasteiger partial charge in [0.25, 0.3) is 0 Å². The molecule has 0 amide bonds. The van der Waals surface area contributed by atoms with E-state index in [4.69, 9.17) is 16.3 Å². The van der Waals surface area contributed by atoms with Gasteiger partial charge in [0, 0.05) is 11.1 Å². The van der Waals surface area contributed by atoms with Crippen LogP contribution in [0.4, 0.5) is 0 Å². The van der Waals surface area contributed by atoms with Crippen LogP contribution < -0.4 is 10.1 Å². The van der Waals surface area contributed by atoms with Crippen LogP contribution in [0.3, 0.4) is 0 Å². The van der Waals surface area contributed by atoms with Crippen molar-refractivity contribution >= 4 is 54.8 Å². The van der Waals surface area contributed by atoms with Crippen molar-refractivity contribution in [1.29, 1.82) is 0 Å². The zero-order valence-electron chi connectivity index (χ0n) is 11.8. The number of halogens is 3. The third-order valence-electron chi connectivity index (χ3n) is 3.18. The number of ether oxygens (including phenoxy) is 1. The fourth-order valence-electron chi connectivity index (χ4n) is 2.26. The monoisotopic (exact) mass is 451 g/mol.